The molecule has 2 rings (SSSR count). The lowest BCUT2D eigenvalue weighted by atomic mass is 10.0. The molecule has 0 radical (unpaired) electrons. The Morgan fingerprint density at radius 3 is 2.95 bits per heavy atom. The highest BCUT2D eigenvalue weighted by atomic mass is 32.1. The predicted octanol–water partition coefficient (Wildman–Crippen LogP) is 1.88. The van der Waals surface area contributed by atoms with Gasteiger partial charge in [0.2, 0.25) is 0 Å². The fourth-order valence-corrected chi connectivity index (χ4v) is 2.65. The fraction of sp³-hybridized carbons (Fsp3) is 0.286. The number of rotatable bonds is 5. The van der Waals surface area contributed by atoms with Gasteiger partial charge < -0.3 is 4.57 Å². The Bertz CT molecular complexity index is 711. The number of hydrogen-bond acceptors (Lipinski definition) is 5. The number of carbonyl (C=O) groups excluding carboxylic acids is 1. The van der Waals surface area contributed by atoms with Crippen molar-refractivity contribution in [3.63, 3.8) is 0 Å². The van der Waals surface area contributed by atoms with Crippen LogP contribution in [0.4, 0.5) is 0 Å². The van der Waals surface area contributed by atoms with Crippen LogP contribution in [0.5, 0.6) is 0 Å². The molecule has 0 saturated carbocycles. The molecular formula is C14H13N3O2S. The van der Waals surface area contributed by atoms with Crippen molar-refractivity contribution in [2.24, 2.45) is 0 Å². The summed E-state index contributed by atoms with van der Waals surface area (Å²) in [4.78, 5) is 27.8. The van der Waals surface area contributed by atoms with Gasteiger partial charge in [-0.1, -0.05) is 6.07 Å². The molecule has 6 heteroatoms. The van der Waals surface area contributed by atoms with Crippen LogP contribution in [0.2, 0.25) is 0 Å². The number of ketones is 1. The lowest BCUT2D eigenvalue weighted by Crippen LogP contribution is -2.21. The number of nitriles is 1. The average Bonchev–Trinajstić information content (AvgIpc) is 2.85. The largest absolute Gasteiger partial charge is 0.315 e. The van der Waals surface area contributed by atoms with Crippen molar-refractivity contribution in [1.82, 2.24) is 9.55 Å². The molecule has 20 heavy (non-hydrogen) atoms. The second kappa shape index (κ2) is 6.26. The molecule has 1 atom stereocenters. The van der Waals surface area contributed by atoms with Gasteiger partial charge in [-0.05, 0) is 13.0 Å². The van der Waals surface area contributed by atoms with Crippen molar-refractivity contribution in [2.45, 2.75) is 25.8 Å². The number of Topliss-reactive ketones (excluding diaryl/α,β-unsaturated/α-hetero) is 1. The first-order valence-electron chi connectivity index (χ1n) is 6.11. The van der Waals surface area contributed by atoms with Crippen LogP contribution in [0, 0.1) is 18.3 Å². The van der Waals surface area contributed by atoms with E-state index in [1.54, 1.807) is 18.3 Å². The maximum Gasteiger partial charge on any atom is 0.250 e. The molecule has 0 fully saturated rings. The molecule has 5 nitrogen and oxygen atoms in total. The third kappa shape index (κ3) is 3.19. The number of hydrogen-bond donors (Lipinski definition) is 0. The number of aromatic nitrogens is 2. The van der Waals surface area contributed by atoms with E-state index in [4.69, 9.17) is 5.26 Å². The molecular weight excluding hydrogens is 274 g/mol. The Kier molecular flexibility index (Phi) is 4.43. The molecule has 0 amide bonds. The van der Waals surface area contributed by atoms with Gasteiger partial charge >= 0.3 is 0 Å². The lowest BCUT2D eigenvalue weighted by Gasteiger charge is -2.07. The number of carbonyl (C=O) groups is 1. The second-order valence-electron chi connectivity index (χ2n) is 4.34. The summed E-state index contributed by atoms with van der Waals surface area (Å²) in [5.41, 5.74) is 0.649. The van der Waals surface area contributed by atoms with Gasteiger partial charge in [-0.3, -0.25) is 9.59 Å². The molecule has 102 valence electrons. The van der Waals surface area contributed by atoms with E-state index in [1.165, 1.54) is 22.0 Å². The van der Waals surface area contributed by atoms with Crippen LogP contribution in [0.25, 0.3) is 0 Å². The molecule has 0 aliphatic heterocycles. The average molecular weight is 287 g/mol. The Hall–Kier alpha value is -2.26. The first-order valence-corrected chi connectivity index (χ1v) is 6.99. The quantitative estimate of drug-likeness (QED) is 0.841. The fourth-order valence-electron chi connectivity index (χ4n) is 1.79. The summed E-state index contributed by atoms with van der Waals surface area (Å²) in [5.74, 6) is -1.05. The Morgan fingerprint density at radius 1 is 1.55 bits per heavy atom. The van der Waals surface area contributed by atoms with Crippen LogP contribution in [0.1, 0.15) is 23.0 Å². The maximum absolute atomic E-state index is 12.1. The van der Waals surface area contributed by atoms with Crippen molar-refractivity contribution in [2.75, 3.05) is 0 Å². The Balaban J connectivity index is 2.06. The van der Waals surface area contributed by atoms with E-state index in [-0.39, 0.29) is 24.3 Å². The first kappa shape index (κ1) is 14.2. The zero-order valence-corrected chi connectivity index (χ0v) is 11.8. The minimum Gasteiger partial charge on any atom is -0.315 e. The normalized spacial score (nSPS) is 11.8. The van der Waals surface area contributed by atoms with Crippen molar-refractivity contribution < 1.29 is 4.79 Å². The topological polar surface area (TPSA) is 75.8 Å². The van der Waals surface area contributed by atoms with Gasteiger partial charge in [-0.2, -0.15) is 5.26 Å². The third-order valence-electron chi connectivity index (χ3n) is 2.83. The summed E-state index contributed by atoms with van der Waals surface area (Å²) in [6.07, 6.45) is 1.77. The summed E-state index contributed by atoms with van der Waals surface area (Å²) in [5, 5.41) is 11.5. The smallest absolute Gasteiger partial charge is 0.250 e. The van der Waals surface area contributed by atoms with Crippen LogP contribution in [-0.4, -0.2) is 15.3 Å². The minimum atomic E-state index is -0.840. The molecule has 0 aliphatic carbocycles. The predicted molar refractivity (Wildman–Crippen MR) is 75.5 cm³/mol. The van der Waals surface area contributed by atoms with Crippen LogP contribution < -0.4 is 5.56 Å². The lowest BCUT2D eigenvalue weighted by molar-refractivity contribution is -0.119. The highest BCUT2D eigenvalue weighted by Crippen LogP contribution is 2.21. The van der Waals surface area contributed by atoms with Crippen molar-refractivity contribution >= 4 is 17.1 Å². The van der Waals surface area contributed by atoms with E-state index in [9.17, 15) is 9.59 Å². The zero-order valence-electron chi connectivity index (χ0n) is 10.9. The van der Waals surface area contributed by atoms with E-state index >= 15 is 0 Å². The van der Waals surface area contributed by atoms with Gasteiger partial charge in [0, 0.05) is 36.3 Å². The third-order valence-corrected chi connectivity index (χ3v) is 3.86. The molecule has 0 saturated heterocycles. The molecule has 0 aromatic carbocycles. The Labute approximate surface area is 120 Å². The maximum atomic E-state index is 12.1. The number of aryl methyl sites for hydroxylation is 2. The van der Waals surface area contributed by atoms with Crippen molar-refractivity contribution in [1.29, 1.82) is 5.26 Å². The zero-order chi connectivity index (χ0) is 14.5. The molecule has 1 unspecified atom stereocenters. The summed E-state index contributed by atoms with van der Waals surface area (Å²) in [6, 6.07) is 6.82. The van der Waals surface area contributed by atoms with E-state index < -0.39 is 5.92 Å². The van der Waals surface area contributed by atoms with E-state index in [1.807, 2.05) is 18.4 Å². The highest BCUT2D eigenvalue weighted by molar-refractivity contribution is 7.09. The molecule has 0 bridgehead atoms. The monoisotopic (exact) mass is 287 g/mol. The molecule has 0 N–H and O–H groups in total. The van der Waals surface area contributed by atoms with Gasteiger partial charge in [0.15, 0.2) is 11.7 Å². The summed E-state index contributed by atoms with van der Waals surface area (Å²) < 4.78 is 1.46. The summed E-state index contributed by atoms with van der Waals surface area (Å²) >= 11 is 1.31. The van der Waals surface area contributed by atoms with Gasteiger partial charge in [0.05, 0.1) is 6.07 Å². The van der Waals surface area contributed by atoms with Crippen molar-refractivity contribution in [3.8, 4) is 6.07 Å². The SMILES string of the molecule is Cc1csc(C(C#N)C(=O)CCn2ccccc2=O)n1. The number of pyridine rings is 1. The van der Waals surface area contributed by atoms with Gasteiger partial charge in [-0.15, -0.1) is 11.3 Å². The molecule has 2 heterocycles. The molecule has 0 spiro atoms. The standard InChI is InChI=1S/C14H13N3O2S/c1-10-9-20-14(16-10)11(8-15)12(18)5-7-17-6-3-2-4-13(17)19/h2-4,6,9,11H,5,7H2,1H3. The van der Waals surface area contributed by atoms with Gasteiger partial charge in [-0.25, -0.2) is 4.98 Å². The van der Waals surface area contributed by atoms with E-state index in [0.29, 0.717) is 5.01 Å². The highest BCUT2D eigenvalue weighted by Gasteiger charge is 2.22. The van der Waals surface area contributed by atoms with E-state index in [2.05, 4.69) is 4.98 Å². The van der Waals surface area contributed by atoms with Gasteiger partial charge in [0.25, 0.3) is 5.56 Å². The number of thiazole rings is 1. The molecule has 2 aromatic heterocycles. The summed E-state index contributed by atoms with van der Waals surface area (Å²) in [6.45, 7) is 2.10. The van der Waals surface area contributed by atoms with E-state index in [0.717, 1.165) is 5.69 Å². The molecule has 0 aliphatic rings. The minimum absolute atomic E-state index is 0.140. The van der Waals surface area contributed by atoms with Crippen LogP contribution in [-0.2, 0) is 11.3 Å². The second-order valence-corrected chi connectivity index (χ2v) is 5.23. The van der Waals surface area contributed by atoms with Crippen LogP contribution in [0.3, 0.4) is 0 Å². The molecule has 2 aromatic rings. The number of nitrogens with zero attached hydrogens (tertiary/aromatic N) is 3. The van der Waals surface area contributed by atoms with Crippen LogP contribution >= 0.6 is 11.3 Å². The Morgan fingerprint density at radius 2 is 2.35 bits per heavy atom. The van der Waals surface area contributed by atoms with Gasteiger partial charge in [0.1, 0.15) is 5.01 Å². The first-order chi connectivity index (χ1) is 9.61. The summed E-state index contributed by atoms with van der Waals surface area (Å²) in [7, 11) is 0. The van der Waals surface area contributed by atoms with Crippen molar-refractivity contribution in [3.05, 3.63) is 50.8 Å². The van der Waals surface area contributed by atoms with Crippen LogP contribution in [0.15, 0.2) is 34.6 Å².